The third kappa shape index (κ3) is 4.24. The highest BCUT2D eigenvalue weighted by molar-refractivity contribution is 5.80. The van der Waals surface area contributed by atoms with Gasteiger partial charge in [-0.05, 0) is 6.42 Å². The number of rotatable bonds is 4. The second-order valence-electron chi connectivity index (χ2n) is 6.27. The number of halogens is 3. The van der Waals surface area contributed by atoms with Gasteiger partial charge < -0.3 is 19.1 Å². The second-order valence-corrected chi connectivity index (χ2v) is 6.27. The summed E-state index contributed by atoms with van der Waals surface area (Å²) in [5.74, 6) is -2.81. The maximum atomic E-state index is 13.5. The van der Waals surface area contributed by atoms with Crippen LogP contribution in [0.5, 0.6) is 5.88 Å². The van der Waals surface area contributed by atoms with Crippen LogP contribution in [-0.4, -0.2) is 66.8 Å². The van der Waals surface area contributed by atoms with Crippen LogP contribution in [0, 0.1) is 5.92 Å². The summed E-state index contributed by atoms with van der Waals surface area (Å²) in [7, 11) is 1.42. The van der Waals surface area contributed by atoms with Gasteiger partial charge in [0.15, 0.2) is 0 Å². The average Bonchev–Trinajstić information content (AvgIpc) is 2.64. The Balaban J connectivity index is 1.74. The van der Waals surface area contributed by atoms with Crippen molar-refractivity contribution in [1.82, 2.24) is 15.1 Å². The van der Waals surface area contributed by atoms with Gasteiger partial charge in [0.2, 0.25) is 11.8 Å². The first kappa shape index (κ1) is 18.8. The van der Waals surface area contributed by atoms with Crippen molar-refractivity contribution in [2.24, 2.45) is 5.92 Å². The second kappa shape index (κ2) is 7.75. The maximum Gasteiger partial charge on any atom is 0.400 e. The zero-order valence-electron chi connectivity index (χ0n) is 14.3. The number of fused-ring (bicyclic) bond motifs is 1. The number of methoxy groups -OCH3 is 1. The number of nitrogens with zero attached hydrogens (tertiary/aromatic N) is 3. The van der Waals surface area contributed by atoms with Crippen molar-refractivity contribution >= 4 is 5.91 Å². The molecule has 1 aromatic heterocycles. The van der Waals surface area contributed by atoms with E-state index >= 15 is 0 Å². The lowest BCUT2D eigenvalue weighted by atomic mass is 9.97. The Bertz CT molecular complexity index is 650. The normalized spacial score (nSPS) is 21.8. The Labute approximate surface area is 148 Å². The molecule has 1 amide bonds. The monoisotopic (exact) mass is 375 g/mol. The summed E-state index contributed by atoms with van der Waals surface area (Å²) < 4.78 is 56.0. The van der Waals surface area contributed by atoms with Crippen molar-refractivity contribution in [1.29, 1.82) is 0 Å². The molecule has 3 heterocycles. The highest BCUT2D eigenvalue weighted by atomic mass is 19.4. The maximum absolute atomic E-state index is 13.5. The van der Waals surface area contributed by atoms with Gasteiger partial charge in [-0.1, -0.05) is 0 Å². The van der Waals surface area contributed by atoms with E-state index in [1.165, 1.54) is 12.0 Å². The first-order valence-corrected chi connectivity index (χ1v) is 8.32. The smallest absolute Gasteiger partial charge is 0.400 e. The number of aromatic nitrogens is 2. The van der Waals surface area contributed by atoms with E-state index in [0.717, 1.165) is 0 Å². The fraction of sp³-hybridized carbons (Fsp3) is 0.688. The Hall–Kier alpha value is -1.94. The largest absolute Gasteiger partial charge is 0.480 e. The van der Waals surface area contributed by atoms with Gasteiger partial charge in [0.25, 0.3) is 0 Å². The predicted octanol–water partition coefficient (Wildman–Crippen LogP) is 1.35. The lowest BCUT2D eigenvalue weighted by molar-refractivity contribution is -0.201. The van der Waals surface area contributed by atoms with E-state index < -0.39 is 30.5 Å². The highest BCUT2D eigenvalue weighted by Crippen LogP contribution is 2.34. The lowest BCUT2D eigenvalue weighted by Gasteiger charge is -2.33. The summed E-state index contributed by atoms with van der Waals surface area (Å²) >= 11 is 0. The first-order valence-electron chi connectivity index (χ1n) is 8.32. The Morgan fingerprint density at radius 1 is 1.42 bits per heavy atom. The van der Waals surface area contributed by atoms with Crippen molar-refractivity contribution < 1.29 is 32.2 Å². The number of carbonyl (C=O) groups is 1. The third-order valence-corrected chi connectivity index (χ3v) is 4.51. The molecule has 0 N–H and O–H groups in total. The summed E-state index contributed by atoms with van der Waals surface area (Å²) in [5, 5.41) is 7.85. The van der Waals surface area contributed by atoms with Crippen LogP contribution in [0.3, 0.4) is 0 Å². The molecule has 26 heavy (non-hydrogen) atoms. The molecular formula is C16H20F3N3O4. The van der Waals surface area contributed by atoms with Crippen molar-refractivity contribution in [2.45, 2.75) is 31.7 Å². The average molecular weight is 375 g/mol. The van der Waals surface area contributed by atoms with E-state index in [9.17, 15) is 18.0 Å². The molecule has 0 radical (unpaired) electrons. The van der Waals surface area contributed by atoms with E-state index in [4.69, 9.17) is 14.2 Å². The molecule has 0 bridgehead atoms. The summed E-state index contributed by atoms with van der Waals surface area (Å²) in [6, 6.07) is 1.60. The van der Waals surface area contributed by atoms with E-state index in [2.05, 4.69) is 10.2 Å². The summed E-state index contributed by atoms with van der Waals surface area (Å²) in [6.45, 7) is 0.872. The van der Waals surface area contributed by atoms with Crippen molar-refractivity contribution in [3.05, 3.63) is 17.3 Å². The topological polar surface area (TPSA) is 73.8 Å². The zero-order chi connectivity index (χ0) is 18.7. The zero-order valence-corrected chi connectivity index (χ0v) is 14.3. The van der Waals surface area contributed by atoms with Gasteiger partial charge in [0.1, 0.15) is 5.92 Å². The number of ether oxygens (including phenoxy) is 3. The van der Waals surface area contributed by atoms with Crippen LogP contribution in [-0.2, 0) is 27.2 Å². The molecule has 2 unspecified atom stereocenters. The van der Waals surface area contributed by atoms with Crippen LogP contribution in [0.4, 0.5) is 13.2 Å². The number of amides is 1. The van der Waals surface area contributed by atoms with Crippen LogP contribution < -0.4 is 4.74 Å². The van der Waals surface area contributed by atoms with Crippen molar-refractivity contribution in [3.63, 3.8) is 0 Å². The van der Waals surface area contributed by atoms with Gasteiger partial charge in [-0.15, -0.1) is 5.10 Å². The molecule has 7 nitrogen and oxygen atoms in total. The van der Waals surface area contributed by atoms with Gasteiger partial charge in [-0.3, -0.25) is 4.79 Å². The van der Waals surface area contributed by atoms with E-state index in [1.54, 1.807) is 6.07 Å². The molecule has 0 aliphatic carbocycles. The SMILES string of the molecule is COc1cc2c(nn1)CCN(C(=O)C(CC1COCCO1)C(F)(F)F)C2. The summed E-state index contributed by atoms with van der Waals surface area (Å²) in [5.41, 5.74) is 1.32. The molecule has 144 valence electrons. The van der Waals surface area contributed by atoms with Crippen LogP contribution in [0.15, 0.2) is 6.07 Å². The molecular weight excluding hydrogens is 355 g/mol. The third-order valence-electron chi connectivity index (χ3n) is 4.51. The predicted molar refractivity (Wildman–Crippen MR) is 82.4 cm³/mol. The number of alkyl halides is 3. The van der Waals surface area contributed by atoms with Crippen LogP contribution in [0.2, 0.25) is 0 Å². The molecule has 2 aliphatic heterocycles. The Morgan fingerprint density at radius 2 is 2.23 bits per heavy atom. The minimum atomic E-state index is -4.65. The van der Waals surface area contributed by atoms with Crippen LogP contribution in [0.25, 0.3) is 0 Å². The first-order chi connectivity index (χ1) is 12.4. The Morgan fingerprint density at radius 3 is 2.88 bits per heavy atom. The standard InChI is InChI=1S/C16H20F3N3O4/c1-24-14-6-10-8-22(3-2-13(10)20-21-14)15(23)12(16(17,18)19)7-11-9-25-4-5-26-11/h6,11-12H,2-5,7-9H2,1H3. The summed E-state index contributed by atoms with van der Waals surface area (Å²) in [6.07, 6.45) is -5.47. The molecule has 2 atom stereocenters. The van der Waals surface area contributed by atoms with Crippen LogP contribution >= 0.6 is 0 Å². The minimum absolute atomic E-state index is 0.0502. The number of hydrogen-bond donors (Lipinski definition) is 0. The molecule has 10 heteroatoms. The van der Waals surface area contributed by atoms with Gasteiger partial charge >= 0.3 is 6.18 Å². The molecule has 3 rings (SSSR count). The molecule has 1 fully saturated rings. The van der Waals surface area contributed by atoms with E-state index in [0.29, 0.717) is 24.3 Å². The molecule has 2 aliphatic rings. The quantitative estimate of drug-likeness (QED) is 0.791. The van der Waals surface area contributed by atoms with Crippen molar-refractivity contribution in [2.75, 3.05) is 33.5 Å². The Kier molecular flexibility index (Phi) is 5.61. The fourth-order valence-electron chi connectivity index (χ4n) is 3.13. The minimum Gasteiger partial charge on any atom is -0.480 e. The van der Waals surface area contributed by atoms with Gasteiger partial charge in [-0.2, -0.15) is 18.3 Å². The van der Waals surface area contributed by atoms with Gasteiger partial charge in [0, 0.05) is 31.1 Å². The number of hydrogen-bond acceptors (Lipinski definition) is 6. The summed E-state index contributed by atoms with van der Waals surface area (Å²) in [4.78, 5) is 13.8. The van der Waals surface area contributed by atoms with Gasteiger partial charge in [-0.25, -0.2) is 0 Å². The van der Waals surface area contributed by atoms with Crippen LogP contribution in [0.1, 0.15) is 17.7 Å². The number of carbonyl (C=O) groups excluding carboxylic acids is 1. The molecule has 0 saturated carbocycles. The molecule has 1 aromatic rings. The highest BCUT2D eigenvalue weighted by Gasteiger charge is 2.48. The lowest BCUT2D eigenvalue weighted by Crippen LogP contribution is -2.47. The van der Waals surface area contributed by atoms with E-state index in [-0.39, 0.29) is 32.2 Å². The molecule has 1 saturated heterocycles. The van der Waals surface area contributed by atoms with E-state index in [1.807, 2.05) is 0 Å². The molecule has 0 spiro atoms. The van der Waals surface area contributed by atoms with Crippen molar-refractivity contribution in [3.8, 4) is 5.88 Å². The molecule has 0 aromatic carbocycles. The fourth-order valence-corrected chi connectivity index (χ4v) is 3.13. The van der Waals surface area contributed by atoms with Gasteiger partial charge in [0.05, 0.1) is 38.7 Å².